The van der Waals surface area contributed by atoms with E-state index in [4.69, 9.17) is 4.98 Å². The number of hydrogen-bond donors (Lipinski definition) is 0. The van der Waals surface area contributed by atoms with E-state index < -0.39 is 11.7 Å². The molecule has 0 atom stereocenters. The van der Waals surface area contributed by atoms with Crippen molar-refractivity contribution in [3.05, 3.63) is 175 Å². The van der Waals surface area contributed by atoms with Crippen molar-refractivity contribution >= 4 is 51.7 Å². The molecule has 0 spiro atoms. The first-order chi connectivity index (χ1) is 29.7. The van der Waals surface area contributed by atoms with E-state index in [1.807, 2.05) is 65.6 Å². The standard InChI is InChI=1S/C55H50F3N4S.Pd/c1-52(2,3)35-25-26-59-51(31-35)62-49-30-36(55(56,57)58)21-23-45(49)43-17-10-11-18-44(43)46-24-22-42(33-50(46)62)63-41-16-14-15-39(32-41)60-34-61(48-20-13-12-19-47(48)60)40-28-37(53(4,5)6)27-38(29-40)54(7,8)9;/h10-31,34H,1-9H3;/q-3;. The number of aromatic nitrogens is 1. The van der Waals surface area contributed by atoms with Crippen LogP contribution in [0.2, 0.25) is 0 Å². The van der Waals surface area contributed by atoms with Crippen molar-refractivity contribution in [2.45, 2.75) is 94.5 Å². The quantitative estimate of drug-likeness (QED) is 0.126. The molecule has 0 amide bonds. The maximum Gasteiger partial charge on any atom is 0.416 e. The molecule has 0 fully saturated rings. The molecule has 330 valence electrons. The minimum atomic E-state index is -4.55. The summed E-state index contributed by atoms with van der Waals surface area (Å²) in [5, 5.41) is 0. The van der Waals surface area contributed by atoms with Crippen LogP contribution < -0.4 is 14.7 Å². The normalized spacial score (nSPS) is 13.7. The van der Waals surface area contributed by atoms with Crippen molar-refractivity contribution in [1.29, 1.82) is 0 Å². The smallest absolute Gasteiger partial charge is 0.416 e. The van der Waals surface area contributed by atoms with Gasteiger partial charge in [-0.1, -0.05) is 122 Å². The van der Waals surface area contributed by atoms with Crippen molar-refractivity contribution in [2.75, 3.05) is 14.7 Å². The number of benzene rings is 6. The van der Waals surface area contributed by atoms with Gasteiger partial charge in [0.2, 0.25) is 0 Å². The zero-order chi connectivity index (χ0) is 44.6. The van der Waals surface area contributed by atoms with E-state index in [0.717, 1.165) is 60.9 Å². The molecule has 0 N–H and O–H groups in total. The second-order valence-corrected chi connectivity index (χ2v) is 20.5. The van der Waals surface area contributed by atoms with Crippen LogP contribution in [0.5, 0.6) is 0 Å². The maximum absolute atomic E-state index is 14.5. The Hall–Kier alpha value is -5.33. The summed E-state index contributed by atoms with van der Waals surface area (Å²) in [6, 6.07) is 48.8. The first kappa shape index (κ1) is 45.2. The molecule has 0 radical (unpaired) electrons. The van der Waals surface area contributed by atoms with E-state index in [1.54, 1.807) is 12.3 Å². The van der Waals surface area contributed by atoms with Crippen LogP contribution in [0.1, 0.15) is 84.6 Å². The number of fused-ring (bicyclic) bond motifs is 6. The molecule has 0 saturated heterocycles. The second kappa shape index (κ2) is 16.6. The molecule has 9 heteroatoms. The molecule has 3 heterocycles. The molecule has 1 aromatic heterocycles. The van der Waals surface area contributed by atoms with E-state index in [9.17, 15) is 13.2 Å². The number of para-hydroxylation sites is 2. The minimum Gasteiger partial charge on any atom is -0.493 e. The van der Waals surface area contributed by atoms with Gasteiger partial charge in [0, 0.05) is 49.2 Å². The topological polar surface area (TPSA) is 22.6 Å². The van der Waals surface area contributed by atoms with Gasteiger partial charge in [0.25, 0.3) is 0 Å². The van der Waals surface area contributed by atoms with E-state index >= 15 is 0 Å². The van der Waals surface area contributed by atoms with Crippen LogP contribution in [0.15, 0.2) is 143 Å². The third kappa shape index (κ3) is 8.63. The fraction of sp³-hybridized carbons (Fsp3) is 0.236. The molecule has 0 unspecified atom stereocenters. The van der Waals surface area contributed by atoms with Crippen LogP contribution in [0.25, 0.3) is 22.3 Å². The van der Waals surface area contributed by atoms with E-state index in [-0.39, 0.29) is 36.7 Å². The van der Waals surface area contributed by atoms with Gasteiger partial charge in [-0.15, -0.1) is 57.7 Å². The van der Waals surface area contributed by atoms with Crippen LogP contribution in [0.3, 0.4) is 0 Å². The summed E-state index contributed by atoms with van der Waals surface area (Å²) in [6.07, 6.45) is -2.81. The fourth-order valence-electron chi connectivity index (χ4n) is 8.24. The Morgan fingerprint density at radius 1 is 0.516 bits per heavy atom. The van der Waals surface area contributed by atoms with Crippen molar-refractivity contribution in [1.82, 2.24) is 4.98 Å². The van der Waals surface area contributed by atoms with Crippen molar-refractivity contribution in [3.8, 4) is 22.3 Å². The molecule has 9 rings (SSSR count). The summed E-state index contributed by atoms with van der Waals surface area (Å²) < 4.78 is 43.5. The van der Waals surface area contributed by atoms with Gasteiger partial charge in [-0.25, -0.2) is 4.98 Å². The Morgan fingerprint density at radius 2 is 1.11 bits per heavy atom. The molecule has 7 aromatic rings. The number of anilines is 7. The monoisotopic (exact) mass is 961 g/mol. The fourth-order valence-corrected chi connectivity index (χ4v) is 9.06. The van der Waals surface area contributed by atoms with Gasteiger partial charge >= 0.3 is 6.18 Å². The summed E-state index contributed by atoms with van der Waals surface area (Å²) >= 11 is 1.51. The molecule has 0 bridgehead atoms. The average molecular weight is 963 g/mol. The molecule has 2 aliphatic rings. The van der Waals surface area contributed by atoms with Gasteiger partial charge in [0.1, 0.15) is 5.82 Å². The summed E-state index contributed by atoms with van der Waals surface area (Å²) in [5.41, 5.74) is 10.9. The van der Waals surface area contributed by atoms with Crippen LogP contribution in [-0.2, 0) is 42.8 Å². The van der Waals surface area contributed by atoms with Crippen molar-refractivity contribution in [2.24, 2.45) is 0 Å². The second-order valence-electron chi connectivity index (χ2n) is 19.5. The van der Waals surface area contributed by atoms with Crippen LogP contribution >= 0.6 is 11.8 Å². The Morgan fingerprint density at radius 3 is 1.75 bits per heavy atom. The Bertz CT molecular complexity index is 2850. The van der Waals surface area contributed by atoms with E-state index in [1.165, 1.54) is 29.0 Å². The molecular formula is C55H50F3N4PdS-3. The predicted octanol–water partition coefficient (Wildman–Crippen LogP) is 16.3. The maximum atomic E-state index is 14.5. The number of nitrogens with zero attached hydrogens (tertiary/aromatic N) is 4. The predicted molar refractivity (Wildman–Crippen MR) is 254 cm³/mol. The first-order valence-corrected chi connectivity index (χ1v) is 22.1. The van der Waals surface area contributed by atoms with Gasteiger partial charge in [-0.2, -0.15) is 37.4 Å². The Labute approximate surface area is 394 Å². The number of hydrogen-bond acceptors (Lipinski definition) is 5. The van der Waals surface area contributed by atoms with Gasteiger partial charge in [-0.3, -0.25) is 0 Å². The van der Waals surface area contributed by atoms with Gasteiger partial charge in [0.15, 0.2) is 0 Å². The van der Waals surface area contributed by atoms with Gasteiger partial charge in [-0.05, 0) is 87.0 Å². The molecule has 0 aliphatic carbocycles. The third-order valence-electron chi connectivity index (χ3n) is 11.8. The Balaban J connectivity index is 0.00000560. The first-order valence-electron chi connectivity index (χ1n) is 21.3. The van der Waals surface area contributed by atoms with Crippen LogP contribution in [0, 0.1) is 18.8 Å². The number of halogens is 3. The average Bonchev–Trinajstić information content (AvgIpc) is 3.57. The summed E-state index contributed by atoms with van der Waals surface area (Å²) in [7, 11) is 0. The molecule has 2 aliphatic heterocycles. The van der Waals surface area contributed by atoms with Crippen LogP contribution in [-0.4, -0.2) is 4.98 Å². The molecule has 0 saturated carbocycles. The van der Waals surface area contributed by atoms with Gasteiger partial charge < -0.3 is 14.7 Å². The zero-order valence-corrected chi connectivity index (χ0v) is 39.8. The number of rotatable bonds is 5. The van der Waals surface area contributed by atoms with Crippen molar-refractivity contribution < 1.29 is 33.6 Å². The SMILES string of the molecule is CC(C)(C)c1cc(N2[CH-]N(c3[c-]c(Sc4[c-]c5c(cc4)-c4ccccc4-c4ccc(C(F)(F)F)cc4N5c4cc(C(C)(C)C)ccn4)ccc3)c3ccccc32)cc(C(C)(C)C)c1.[Pd]. The minimum absolute atomic E-state index is 0. The summed E-state index contributed by atoms with van der Waals surface area (Å²) in [5.74, 6) is 0.513. The van der Waals surface area contributed by atoms with E-state index in [2.05, 4.69) is 139 Å². The number of pyridine rings is 1. The van der Waals surface area contributed by atoms with Gasteiger partial charge in [0.05, 0.1) is 11.3 Å². The Kier molecular flexibility index (Phi) is 11.7. The summed E-state index contributed by atoms with van der Waals surface area (Å²) in [4.78, 5) is 12.8. The van der Waals surface area contributed by atoms with Crippen molar-refractivity contribution in [3.63, 3.8) is 0 Å². The zero-order valence-electron chi connectivity index (χ0n) is 37.4. The third-order valence-corrected chi connectivity index (χ3v) is 12.7. The molecule has 4 nitrogen and oxygen atoms in total. The van der Waals surface area contributed by atoms with Crippen LogP contribution in [0.4, 0.5) is 53.1 Å². The number of alkyl halides is 3. The molecular weight excluding hydrogens is 912 g/mol. The van der Waals surface area contributed by atoms with E-state index in [0.29, 0.717) is 22.8 Å². The largest absolute Gasteiger partial charge is 0.493 e. The molecule has 64 heavy (non-hydrogen) atoms. The summed E-state index contributed by atoms with van der Waals surface area (Å²) in [6.45, 7) is 22.0. The molecule has 6 aromatic carbocycles.